The highest BCUT2D eigenvalue weighted by Crippen LogP contribution is 2.09. The van der Waals surface area contributed by atoms with Crippen molar-refractivity contribution < 1.29 is 0 Å². The number of nitrogens with one attached hydrogen (secondary N) is 1. The van der Waals surface area contributed by atoms with Gasteiger partial charge in [-0.05, 0) is 19.1 Å². The van der Waals surface area contributed by atoms with Crippen LogP contribution in [0.15, 0.2) is 29.1 Å². The van der Waals surface area contributed by atoms with Crippen LogP contribution in [0.25, 0.3) is 10.9 Å². The van der Waals surface area contributed by atoms with Crippen molar-refractivity contribution in [2.24, 2.45) is 7.05 Å². The van der Waals surface area contributed by atoms with E-state index in [1.165, 1.54) is 4.57 Å². The quantitative estimate of drug-likeness (QED) is 0.574. The molecule has 0 atom stereocenters. The maximum atomic E-state index is 11.9. The van der Waals surface area contributed by atoms with Gasteiger partial charge in [0.15, 0.2) is 0 Å². The van der Waals surface area contributed by atoms with E-state index < -0.39 is 0 Å². The Kier molecular flexibility index (Phi) is 2.61. The van der Waals surface area contributed by atoms with E-state index in [2.05, 4.69) is 22.3 Å². The molecule has 0 aliphatic carbocycles. The molecule has 0 radical (unpaired) electrons. The third-order valence-corrected chi connectivity index (χ3v) is 2.28. The molecule has 4 nitrogen and oxygen atoms in total. The van der Waals surface area contributed by atoms with Gasteiger partial charge in [-0.2, -0.15) is 0 Å². The number of hydrogen-bond donors (Lipinski definition) is 1. The summed E-state index contributed by atoms with van der Waals surface area (Å²) in [6.45, 7) is 1.71. The van der Waals surface area contributed by atoms with Gasteiger partial charge in [0.05, 0.1) is 10.9 Å². The second kappa shape index (κ2) is 4.07. The number of aromatic nitrogens is 2. The third kappa shape index (κ3) is 1.63. The van der Waals surface area contributed by atoms with Crippen molar-refractivity contribution >= 4 is 16.9 Å². The van der Waals surface area contributed by atoms with Crippen molar-refractivity contribution in [3.8, 4) is 12.0 Å². The van der Waals surface area contributed by atoms with Crippen LogP contribution in [0.3, 0.4) is 0 Å². The van der Waals surface area contributed by atoms with Crippen LogP contribution < -0.4 is 10.9 Å². The Morgan fingerprint density at radius 2 is 2.12 bits per heavy atom. The molecule has 0 spiro atoms. The maximum absolute atomic E-state index is 11.9. The molecular formula is C12H11N3O. The summed E-state index contributed by atoms with van der Waals surface area (Å²) in [5.74, 6) is 3.15. The summed E-state index contributed by atoms with van der Waals surface area (Å²) in [5.41, 5.74) is 0.594. The highest BCUT2D eigenvalue weighted by atomic mass is 16.1. The number of fused-ring (bicyclic) bond motifs is 1. The Balaban J connectivity index is 2.72. The van der Waals surface area contributed by atoms with Crippen LogP contribution in [0, 0.1) is 12.0 Å². The first-order valence-electron chi connectivity index (χ1n) is 4.87. The summed E-state index contributed by atoms with van der Waals surface area (Å²) in [7, 11) is 1.67. The number of hydrogen-bond acceptors (Lipinski definition) is 3. The summed E-state index contributed by atoms with van der Waals surface area (Å²) in [6.07, 6.45) is 0. The molecule has 2 rings (SSSR count). The zero-order valence-corrected chi connectivity index (χ0v) is 9.11. The zero-order valence-electron chi connectivity index (χ0n) is 9.11. The molecular weight excluding hydrogens is 202 g/mol. The lowest BCUT2D eigenvalue weighted by Gasteiger charge is -2.06. The van der Waals surface area contributed by atoms with E-state index in [-0.39, 0.29) is 5.56 Å². The fourth-order valence-corrected chi connectivity index (χ4v) is 1.45. The Bertz CT molecular complexity index is 647. The largest absolute Gasteiger partial charge is 0.285 e. The van der Waals surface area contributed by atoms with Crippen LogP contribution in [-0.2, 0) is 7.05 Å². The predicted octanol–water partition coefficient (Wildman–Crippen LogP) is 1.33. The standard InChI is InChI=1S/C12H11N3O/c1-3-8-13-12-14-10-7-5-4-6-9(10)11(16)15(12)2/h4-7H,1-2H3,(H,13,14). The van der Waals surface area contributed by atoms with E-state index in [1.807, 2.05) is 12.1 Å². The number of para-hydroxylation sites is 1. The van der Waals surface area contributed by atoms with Crippen LogP contribution in [-0.4, -0.2) is 9.55 Å². The first-order valence-corrected chi connectivity index (χ1v) is 4.87. The molecule has 0 saturated carbocycles. The Labute approximate surface area is 92.9 Å². The van der Waals surface area contributed by atoms with E-state index in [4.69, 9.17) is 0 Å². The average molecular weight is 213 g/mol. The second-order valence-electron chi connectivity index (χ2n) is 3.32. The molecule has 1 aromatic carbocycles. The highest BCUT2D eigenvalue weighted by Gasteiger charge is 2.05. The maximum Gasteiger partial charge on any atom is 0.262 e. The van der Waals surface area contributed by atoms with Crippen LogP contribution >= 0.6 is 0 Å². The molecule has 0 fully saturated rings. The van der Waals surface area contributed by atoms with Gasteiger partial charge in [0.2, 0.25) is 5.95 Å². The van der Waals surface area contributed by atoms with Gasteiger partial charge in [-0.15, -0.1) is 0 Å². The van der Waals surface area contributed by atoms with Gasteiger partial charge in [0.25, 0.3) is 5.56 Å². The molecule has 4 heteroatoms. The van der Waals surface area contributed by atoms with Gasteiger partial charge in [-0.1, -0.05) is 18.1 Å². The van der Waals surface area contributed by atoms with Crippen molar-refractivity contribution in [3.05, 3.63) is 34.6 Å². The molecule has 1 N–H and O–H groups in total. The number of rotatable bonds is 1. The van der Waals surface area contributed by atoms with Crippen LogP contribution in [0.2, 0.25) is 0 Å². The van der Waals surface area contributed by atoms with Crippen molar-refractivity contribution in [1.29, 1.82) is 0 Å². The number of nitrogens with zero attached hydrogens (tertiary/aromatic N) is 2. The molecule has 0 aliphatic rings. The van der Waals surface area contributed by atoms with E-state index in [9.17, 15) is 4.79 Å². The highest BCUT2D eigenvalue weighted by molar-refractivity contribution is 5.78. The van der Waals surface area contributed by atoms with E-state index in [0.717, 1.165) is 0 Å². The summed E-state index contributed by atoms with van der Waals surface area (Å²) in [4.78, 5) is 16.3. The van der Waals surface area contributed by atoms with Crippen molar-refractivity contribution in [1.82, 2.24) is 9.55 Å². The summed E-state index contributed by atoms with van der Waals surface area (Å²) < 4.78 is 1.45. The molecule has 0 saturated heterocycles. The Morgan fingerprint density at radius 1 is 1.38 bits per heavy atom. The normalized spacial score (nSPS) is 9.62. The molecule has 0 bridgehead atoms. The van der Waals surface area contributed by atoms with Crippen LogP contribution in [0.1, 0.15) is 6.92 Å². The lowest BCUT2D eigenvalue weighted by molar-refractivity contribution is 0.857. The fourth-order valence-electron chi connectivity index (χ4n) is 1.45. The lowest BCUT2D eigenvalue weighted by atomic mass is 10.2. The van der Waals surface area contributed by atoms with Gasteiger partial charge in [0.1, 0.15) is 0 Å². The first kappa shape index (κ1) is 10.2. The fraction of sp³-hybridized carbons (Fsp3) is 0.167. The average Bonchev–Trinajstić information content (AvgIpc) is 2.32. The SMILES string of the molecule is CC#CNc1nc2ccccc2c(=O)n1C. The van der Waals surface area contributed by atoms with E-state index >= 15 is 0 Å². The minimum Gasteiger partial charge on any atom is -0.285 e. The molecule has 1 aromatic heterocycles. The minimum absolute atomic E-state index is 0.0778. The smallest absolute Gasteiger partial charge is 0.262 e. The van der Waals surface area contributed by atoms with Crippen LogP contribution in [0.5, 0.6) is 0 Å². The third-order valence-electron chi connectivity index (χ3n) is 2.28. The first-order chi connectivity index (χ1) is 7.74. The summed E-state index contributed by atoms with van der Waals surface area (Å²) in [5, 5.41) is 3.40. The van der Waals surface area contributed by atoms with Gasteiger partial charge in [0, 0.05) is 13.1 Å². The van der Waals surface area contributed by atoms with Gasteiger partial charge < -0.3 is 0 Å². The van der Waals surface area contributed by atoms with E-state index in [1.54, 1.807) is 26.1 Å². The van der Waals surface area contributed by atoms with Crippen molar-refractivity contribution in [3.63, 3.8) is 0 Å². The van der Waals surface area contributed by atoms with Gasteiger partial charge >= 0.3 is 0 Å². The topological polar surface area (TPSA) is 46.9 Å². The van der Waals surface area contributed by atoms with E-state index in [0.29, 0.717) is 16.9 Å². The molecule has 80 valence electrons. The molecule has 2 aromatic rings. The molecule has 16 heavy (non-hydrogen) atoms. The van der Waals surface area contributed by atoms with Gasteiger partial charge in [-0.25, -0.2) is 4.98 Å². The molecule has 0 amide bonds. The lowest BCUT2D eigenvalue weighted by Crippen LogP contribution is -2.21. The van der Waals surface area contributed by atoms with Crippen LogP contribution in [0.4, 0.5) is 5.95 Å². The predicted molar refractivity (Wildman–Crippen MR) is 64.1 cm³/mol. The monoisotopic (exact) mass is 213 g/mol. The molecule has 0 aliphatic heterocycles. The van der Waals surface area contributed by atoms with Crippen molar-refractivity contribution in [2.75, 3.05) is 5.32 Å². The Morgan fingerprint density at radius 3 is 2.88 bits per heavy atom. The minimum atomic E-state index is -0.0778. The summed E-state index contributed by atoms with van der Waals surface area (Å²) in [6, 6.07) is 9.92. The molecule has 0 unspecified atom stereocenters. The van der Waals surface area contributed by atoms with Crippen molar-refractivity contribution in [2.45, 2.75) is 6.92 Å². The molecule has 1 heterocycles. The number of anilines is 1. The second-order valence-corrected chi connectivity index (χ2v) is 3.32. The summed E-state index contributed by atoms with van der Waals surface area (Å²) >= 11 is 0. The zero-order chi connectivity index (χ0) is 11.5. The Hall–Kier alpha value is -2.28. The van der Waals surface area contributed by atoms with Gasteiger partial charge in [-0.3, -0.25) is 14.7 Å². The number of benzene rings is 1.